The molecule has 0 radical (unpaired) electrons. The highest BCUT2D eigenvalue weighted by atomic mass is 16.5. The number of benzene rings is 1. The van der Waals surface area contributed by atoms with Crippen LogP contribution in [0.2, 0.25) is 0 Å². The third kappa shape index (κ3) is 5.56. The van der Waals surface area contributed by atoms with E-state index in [0.29, 0.717) is 30.9 Å². The van der Waals surface area contributed by atoms with Crippen molar-refractivity contribution in [2.45, 2.75) is 19.8 Å². The van der Waals surface area contributed by atoms with Gasteiger partial charge in [-0.15, -0.1) is 0 Å². The fourth-order valence-corrected chi connectivity index (χ4v) is 3.16. The lowest BCUT2D eigenvalue weighted by Gasteiger charge is -2.28. The van der Waals surface area contributed by atoms with Crippen LogP contribution in [0.5, 0.6) is 0 Å². The Morgan fingerprint density at radius 3 is 2.54 bits per heavy atom. The van der Waals surface area contributed by atoms with Gasteiger partial charge in [0.25, 0.3) is 11.8 Å². The third-order valence-corrected chi connectivity index (χ3v) is 4.47. The lowest BCUT2D eigenvalue weighted by Crippen LogP contribution is -3.14. The maximum Gasteiger partial charge on any atom is 0.314 e. The van der Waals surface area contributed by atoms with Gasteiger partial charge in [-0.05, 0) is 44.0 Å². The number of hydrogen-bond acceptors (Lipinski definition) is 4. The largest absolute Gasteiger partial charge is 0.466 e. The smallest absolute Gasteiger partial charge is 0.314 e. The number of nitrogens with one attached hydrogen (secondary N) is 2. The molecule has 142 valence electrons. The Bertz CT molecular complexity index is 643. The minimum Gasteiger partial charge on any atom is -0.466 e. The van der Waals surface area contributed by atoms with Crippen molar-refractivity contribution >= 4 is 23.5 Å². The first-order valence-electron chi connectivity index (χ1n) is 9.02. The molecule has 1 aliphatic heterocycles. The molecule has 0 aromatic heterocycles. The Labute approximate surface area is 154 Å². The number of anilines is 1. The number of piperidine rings is 1. The number of likely N-dealkylation sites (tertiary alicyclic amines) is 1. The molecule has 0 saturated carbocycles. The van der Waals surface area contributed by atoms with Crippen LogP contribution in [0.4, 0.5) is 5.69 Å². The first-order valence-corrected chi connectivity index (χ1v) is 9.02. The van der Waals surface area contributed by atoms with Crippen LogP contribution in [-0.2, 0) is 14.3 Å². The SMILES string of the molecule is CCOC(=O)[C@@H]1CCC[NH+](CC(=O)Nc2ccc(C(=O)N(C)C)cc2)C1. The first kappa shape index (κ1) is 19.9. The Morgan fingerprint density at radius 2 is 1.92 bits per heavy atom. The topological polar surface area (TPSA) is 80.1 Å². The molecule has 1 unspecified atom stereocenters. The summed E-state index contributed by atoms with van der Waals surface area (Å²) in [7, 11) is 3.39. The second kappa shape index (κ2) is 9.33. The molecule has 2 N–H and O–H groups in total. The van der Waals surface area contributed by atoms with E-state index < -0.39 is 0 Å². The minimum absolute atomic E-state index is 0.0781. The minimum atomic E-state index is -0.161. The molecule has 0 aliphatic carbocycles. The van der Waals surface area contributed by atoms with Gasteiger partial charge >= 0.3 is 5.97 Å². The van der Waals surface area contributed by atoms with Crippen LogP contribution < -0.4 is 10.2 Å². The molecule has 26 heavy (non-hydrogen) atoms. The molecule has 1 aliphatic rings. The van der Waals surface area contributed by atoms with Gasteiger partial charge in [0.05, 0.1) is 19.7 Å². The summed E-state index contributed by atoms with van der Waals surface area (Å²) in [4.78, 5) is 38.6. The van der Waals surface area contributed by atoms with E-state index in [1.807, 2.05) is 0 Å². The molecule has 1 saturated heterocycles. The van der Waals surface area contributed by atoms with Crippen molar-refractivity contribution < 1.29 is 24.0 Å². The highest BCUT2D eigenvalue weighted by molar-refractivity contribution is 5.95. The third-order valence-electron chi connectivity index (χ3n) is 4.47. The van der Waals surface area contributed by atoms with E-state index in [4.69, 9.17) is 4.74 Å². The van der Waals surface area contributed by atoms with Gasteiger partial charge in [0.1, 0.15) is 5.92 Å². The highest BCUT2D eigenvalue weighted by Gasteiger charge is 2.30. The van der Waals surface area contributed by atoms with Crippen molar-refractivity contribution in [2.24, 2.45) is 5.92 Å². The second-order valence-corrected chi connectivity index (χ2v) is 6.80. The van der Waals surface area contributed by atoms with Gasteiger partial charge in [0.2, 0.25) is 0 Å². The number of ether oxygens (including phenoxy) is 1. The second-order valence-electron chi connectivity index (χ2n) is 6.80. The predicted molar refractivity (Wildman–Crippen MR) is 98.0 cm³/mol. The Morgan fingerprint density at radius 1 is 1.23 bits per heavy atom. The van der Waals surface area contributed by atoms with Gasteiger partial charge in [0.15, 0.2) is 6.54 Å². The maximum atomic E-state index is 12.3. The molecule has 0 spiro atoms. The van der Waals surface area contributed by atoms with E-state index in [-0.39, 0.29) is 23.7 Å². The molecule has 2 atom stereocenters. The molecule has 7 heteroatoms. The standard InChI is InChI=1S/C19H27N3O4/c1-4-26-19(25)15-6-5-11-22(12-15)13-17(23)20-16-9-7-14(8-10-16)18(24)21(2)3/h7-10,15H,4-6,11-13H2,1-3H3,(H,20,23)/p+1/t15-/m1/s1. The first-order chi connectivity index (χ1) is 12.4. The van der Waals surface area contributed by atoms with Gasteiger partial charge in [-0.2, -0.15) is 0 Å². The monoisotopic (exact) mass is 362 g/mol. The molecule has 7 nitrogen and oxygen atoms in total. The highest BCUT2D eigenvalue weighted by Crippen LogP contribution is 2.11. The number of amides is 2. The van der Waals surface area contributed by atoms with Crippen molar-refractivity contribution in [1.82, 2.24) is 4.90 Å². The van der Waals surface area contributed by atoms with E-state index in [0.717, 1.165) is 24.3 Å². The molecule has 2 rings (SSSR count). The zero-order valence-electron chi connectivity index (χ0n) is 15.7. The Kier molecular flexibility index (Phi) is 7.15. The number of carbonyl (C=O) groups excluding carboxylic acids is 3. The van der Waals surface area contributed by atoms with Crippen molar-refractivity contribution in [3.8, 4) is 0 Å². The summed E-state index contributed by atoms with van der Waals surface area (Å²) in [5.41, 5.74) is 1.23. The Hall–Kier alpha value is -2.41. The molecule has 0 bridgehead atoms. The molecule has 2 amide bonds. The van der Waals surface area contributed by atoms with Crippen molar-refractivity contribution in [2.75, 3.05) is 45.7 Å². The van der Waals surface area contributed by atoms with E-state index >= 15 is 0 Å². The number of hydrogen-bond donors (Lipinski definition) is 2. The van der Waals surface area contributed by atoms with E-state index in [9.17, 15) is 14.4 Å². The van der Waals surface area contributed by atoms with Crippen LogP contribution in [0.1, 0.15) is 30.1 Å². The maximum absolute atomic E-state index is 12.3. The zero-order chi connectivity index (χ0) is 19.1. The molecule has 1 aromatic rings. The molecule has 1 aromatic carbocycles. The average molecular weight is 362 g/mol. The summed E-state index contributed by atoms with van der Waals surface area (Å²) in [5, 5.41) is 2.85. The number of esters is 1. The summed E-state index contributed by atoms with van der Waals surface area (Å²) in [6, 6.07) is 6.84. The van der Waals surface area contributed by atoms with Crippen LogP contribution in [0.25, 0.3) is 0 Å². The van der Waals surface area contributed by atoms with Crippen molar-refractivity contribution in [3.05, 3.63) is 29.8 Å². The normalized spacial score (nSPS) is 19.5. The fraction of sp³-hybridized carbons (Fsp3) is 0.526. The summed E-state index contributed by atoms with van der Waals surface area (Å²) in [6.45, 7) is 4.00. The predicted octanol–water partition coefficient (Wildman–Crippen LogP) is 0.185. The van der Waals surface area contributed by atoms with Gasteiger partial charge < -0.3 is 19.9 Å². The van der Waals surface area contributed by atoms with Gasteiger partial charge in [-0.25, -0.2) is 0 Å². The quantitative estimate of drug-likeness (QED) is 0.708. The lowest BCUT2D eigenvalue weighted by molar-refractivity contribution is -0.899. The molecule has 1 heterocycles. The van der Waals surface area contributed by atoms with Crippen LogP contribution >= 0.6 is 0 Å². The lowest BCUT2D eigenvalue weighted by atomic mass is 9.98. The van der Waals surface area contributed by atoms with Crippen LogP contribution in [0, 0.1) is 5.92 Å². The number of carbonyl (C=O) groups is 3. The van der Waals surface area contributed by atoms with Crippen LogP contribution in [0.3, 0.4) is 0 Å². The van der Waals surface area contributed by atoms with Crippen LogP contribution in [0.15, 0.2) is 24.3 Å². The van der Waals surface area contributed by atoms with Gasteiger partial charge in [0, 0.05) is 25.3 Å². The summed E-state index contributed by atoms with van der Waals surface area (Å²) >= 11 is 0. The average Bonchev–Trinajstić information content (AvgIpc) is 2.62. The van der Waals surface area contributed by atoms with Gasteiger partial charge in [-0.3, -0.25) is 14.4 Å². The number of rotatable bonds is 6. The van der Waals surface area contributed by atoms with Crippen molar-refractivity contribution in [3.63, 3.8) is 0 Å². The van der Waals surface area contributed by atoms with E-state index in [2.05, 4.69) is 5.32 Å². The molecular weight excluding hydrogens is 334 g/mol. The summed E-state index contributed by atoms with van der Waals surface area (Å²) in [6.07, 6.45) is 1.73. The molecule has 1 fully saturated rings. The summed E-state index contributed by atoms with van der Waals surface area (Å²) in [5.74, 6) is -0.462. The van der Waals surface area contributed by atoms with E-state index in [1.54, 1.807) is 45.3 Å². The zero-order valence-corrected chi connectivity index (χ0v) is 15.7. The van der Waals surface area contributed by atoms with Gasteiger partial charge in [-0.1, -0.05) is 0 Å². The number of nitrogens with zero attached hydrogens (tertiary/aromatic N) is 1. The van der Waals surface area contributed by atoms with E-state index in [1.165, 1.54) is 4.90 Å². The summed E-state index contributed by atoms with van der Waals surface area (Å²) < 4.78 is 5.09. The molecular formula is C19H28N3O4+. The van der Waals surface area contributed by atoms with Crippen molar-refractivity contribution in [1.29, 1.82) is 0 Å². The fourth-order valence-electron chi connectivity index (χ4n) is 3.16. The van der Waals surface area contributed by atoms with Crippen LogP contribution in [-0.4, -0.2) is 63.0 Å². The Balaban J connectivity index is 1.86. The number of quaternary nitrogens is 1.